The Morgan fingerprint density at radius 2 is 0.870 bits per heavy atom. The molecule has 1 aliphatic rings. The lowest BCUT2D eigenvalue weighted by molar-refractivity contribution is -0.258. The topological polar surface area (TPSA) is 114 Å². The molecule has 46 heavy (non-hydrogen) atoms. The molecule has 8 nitrogen and oxygen atoms in total. The molecule has 0 aliphatic carbocycles. The maximum Gasteiger partial charge on any atom is 0.321 e. The summed E-state index contributed by atoms with van der Waals surface area (Å²) in [7, 11) is 1.78. The van der Waals surface area contributed by atoms with Crippen LogP contribution in [0.3, 0.4) is 0 Å². The van der Waals surface area contributed by atoms with Crippen molar-refractivity contribution in [1.29, 1.82) is 0 Å². The molecule has 0 bridgehead atoms. The molecular weight excluding hydrogens is 580 g/mol. The fourth-order valence-corrected chi connectivity index (χ4v) is 6.65. The average molecular weight is 657 g/mol. The predicted molar refractivity (Wildman–Crippen MR) is 190 cm³/mol. The number of hydrogen-bond acceptors (Lipinski definition) is 6. The zero-order chi connectivity index (χ0) is 33.8. The first-order valence-electron chi connectivity index (χ1n) is 19.7. The van der Waals surface area contributed by atoms with Crippen LogP contribution in [0.1, 0.15) is 181 Å². The molecule has 0 radical (unpaired) electrons. The van der Waals surface area contributed by atoms with Gasteiger partial charge in [-0.2, -0.15) is 0 Å². The van der Waals surface area contributed by atoms with Crippen molar-refractivity contribution in [3.05, 3.63) is 0 Å². The van der Waals surface area contributed by atoms with Crippen LogP contribution in [0.15, 0.2) is 0 Å². The van der Waals surface area contributed by atoms with Crippen molar-refractivity contribution in [1.82, 2.24) is 9.80 Å². The number of aliphatic hydroxyl groups excluding tert-OH is 4. The van der Waals surface area contributed by atoms with Gasteiger partial charge in [-0.05, 0) is 12.8 Å². The molecule has 8 heteroatoms. The van der Waals surface area contributed by atoms with Gasteiger partial charge in [-0.1, -0.05) is 168 Å². The normalized spacial score (nSPS) is 21.5. The van der Waals surface area contributed by atoms with E-state index < -0.39 is 37.3 Å². The summed E-state index contributed by atoms with van der Waals surface area (Å²) in [6.45, 7) is 5.01. The molecule has 0 aromatic carbocycles. The highest BCUT2D eigenvalue weighted by Gasteiger charge is 2.47. The van der Waals surface area contributed by atoms with E-state index in [0.717, 1.165) is 32.1 Å². The van der Waals surface area contributed by atoms with E-state index in [0.29, 0.717) is 13.1 Å². The zero-order valence-corrected chi connectivity index (χ0v) is 30.4. The Balaban J connectivity index is 2.36. The molecule has 0 aromatic heterocycles. The smallest absolute Gasteiger partial charge is 0.321 e. The lowest BCUT2D eigenvalue weighted by Gasteiger charge is -2.45. The van der Waals surface area contributed by atoms with Gasteiger partial charge >= 0.3 is 6.03 Å². The minimum atomic E-state index is -1.50. The lowest BCUT2D eigenvalue weighted by Crippen LogP contribution is -2.65. The van der Waals surface area contributed by atoms with Crippen LogP contribution in [0.5, 0.6) is 0 Å². The van der Waals surface area contributed by atoms with Gasteiger partial charge in [0.05, 0.1) is 6.61 Å². The van der Waals surface area contributed by atoms with Gasteiger partial charge in [0.1, 0.15) is 24.4 Å². The minimum Gasteiger partial charge on any atom is -0.394 e. The third kappa shape index (κ3) is 19.2. The van der Waals surface area contributed by atoms with E-state index in [1.807, 2.05) is 0 Å². The van der Waals surface area contributed by atoms with Gasteiger partial charge in [-0.25, -0.2) is 4.79 Å². The van der Waals surface area contributed by atoms with Gasteiger partial charge in [0.2, 0.25) is 0 Å². The van der Waals surface area contributed by atoms with Crippen LogP contribution < -0.4 is 0 Å². The second-order valence-electron chi connectivity index (χ2n) is 14.1. The van der Waals surface area contributed by atoms with E-state index in [2.05, 4.69) is 13.8 Å². The number of hydrogen-bond donors (Lipinski definition) is 4. The predicted octanol–water partition coefficient (Wildman–Crippen LogP) is 8.32. The summed E-state index contributed by atoms with van der Waals surface area (Å²) in [6, 6.07) is -0.249. The minimum absolute atomic E-state index is 0.249. The molecule has 0 spiro atoms. The van der Waals surface area contributed by atoms with Crippen molar-refractivity contribution in [2.75, 3.05) is 26.7 Å². The summed E-state index contributed by atoms with van der Waals surface area (Å²) in [5.41, 5.74) is 0. The van der Waals surface area contributed by atoms with E-state index in [1.165, 1.54) is 140 Å². The van der Waals surface area contributed by atoms with Crippen LogP contribution in [-0.4, -0.2) is 93.6 Å². The second kappa shape index (κ2) is 29.0. The fourth-order valence-electron chi connectivity index (χ4n) is 6.65. The Kier molecular flexibility index (Phi) is 27.2. The highest BCUT2D eigenvalue weighted by molar-refractivity contribution is 5.74. The number of amides is 2. The van der Waals surface area contributed by atoms with Crippen LogP contribution in [0.2, 0.25) is 0 Å². The molecule has 1 fully saturated rings. The first-order valence-corrected chi connectivity index (χ1v) is 19.7. The average Bonchev–Trinajstić information content (AvgIpc) is 3.06. The third-order valence-electron chi connectivity index (χ3n) is 9.85. The third-order valence-corrected chi connectivity index (χ3v) is 9.85. The van der Waals surface area contributed by atoms with E-state index in [1.54, 1.807) is 11.9 Å². The molecule has 4 N–H and O–H groups in total. The highest BCUT2D eigenvalue weighted by atomic mass is 16.6. The highest BCUT2D eigenvalue weighted by Crippen LogP contribution is 2.25. The van der Waals surface area contributed by atoms with Crippen molar-refractivity contribution in [2.24, 2.45) is 0 Å². The number of unbranched alkanes of at least 4 members (excludes halogenated alkanes) is 24. The Hall–Kier alpha value is -0.930. The molecule has 1 heterocycles. The number of carbonyl (C=O) groups excluding carboxylic acids is 1. The Morgan fingerprint density at radius 1 is 0.522 bits per heavy atom. The maximum absolute atomic E-state index is 13.6. The maximum atomic E-state index is 13.6. The van der Waals surface area contributed by atoms with Crippen LogP contribution in [-0.2, 0) is 4.74 Å². The van der Waals surface area contributed by atoms with Crippen LogP contribution in [0.4, 0.5) is 4.79 Å². The summed E-state index contributed by atoms with van der Waals surface area (Å²) in [5, 5.41) is 41.1. The standard InChI is InChI=1S/C38H76N2O6/c1-4-6-8-10-12-14-16-17-18-19-20-21-22-24-26-28-30-39(3)38(45)40(31-29-27-25-23-15-13-11-9-7-5-2)37-36(44)35(43)34(42)33(32-41)46-37/h33-37,41-44H,4-32H2,1-3H3/t33-,34-,35+,36-,37?/m1/s1. The monoisotopic (exact) mass is 657 g/mol. The van der Waals surface area contributed by atoms with Crippen molar-refractivity contribution >= 4 is 6.03 Å². The molecule has 1 rings (SSSR count). The molecule has 1 aliphatic heterocycles. The van der Waals surface area contributed by atoms with Gasteiger partial charge in [0, 0.05) is 20.1 Å². The van der Waals surface area contributed by atoms with Crippen molar-refractivity contribution < 1.29 is 30.0 Å². The molecule has 2 amide bonds. The summed E-state index contributed by atoms with van der Waals surface area (Å²) in [6.07, 6.45) is 26.1. The molecule has 0 aromatic rings. The largest absolute Gasteiger partial charge is 0.394 e. The summed E-state index contributed by atoms with van der Waals surface area (Å²) in [5.74, 6) is 0. The van der Waals surface area contributed by atoms with Crippen molar-refractivity contribution in [3.8, 4) is 0 Å². The van der Waals surface area contributed by atoms with Crippen LogP contribution in [0, 0.1) is 0 Å². The Morgan fingerprint density at radius 3 is 1.24 bits per heavy atom. The first kappa shape index (κ1) is 43.1. The summed E-state index contributed by atoms with van der Waals surface area (Å²) >= 11 is 0. The Labute approximate surface area is 283 Å². The molecule has 0 saturated carbocycles. The molecule has 5 atom stereocenters. The Bertz CT molecular complexity index is 696. The van der Waals surface area contributed by atoms with Crippen LogP contribution in [0.25, 0.3) is 0 Å². The van der Waals surface area contributed by atoms with Crippen LogP contribution >= 0.6 is 0 Å². The fraction of sp³-hybridized carbons (Fsp3) is 0.974. The van der Waals surface area contributed by atoms with E-state index >= 15 is 0 Å². The van der Waals surface area contributed by atoms with Crippen molar-refractivity contribution in [2.45, 2.75) is 211 Å². The van der Waals surface area contributed by atoms with Gasteiger partial charge < -0.3 is 30.1 Å². The first-order chi connectivity index (χ1) is 22.4. The zero-order valence-electron chi connectivity index (χ0n) is 30.4. The van der Waals surface area contributed by atoms with Gasteiger partial charge in [0.25, 0.3) is 0 Å². The number of ether oxygens (including phenoxy) is 1. The van der Waals surface area contributed by atoms with Gasteiger partial charge in [-0.3, -0.25) is 4.90 Å². The molecule has 274 valence electrons. The van der Waals surface area contributed by atoms with E-state index in [9.17, 15) is 25.2 Å². The quantitative estimate of drug-likeness (QED) is 0.0579. The molecule has 1 saturated heterocycles. The number of rotatable bonds is 30. The number of urea groups is 1. The van der Waals surface area contributed by atoms with E-state index in [4.69, 9.17) is 4.74 Å². The summed E-state index contributed by atoms with van der Waals surface area (Å²) in [4.78, 5) is 16.8. The number of nitrogens with zero attached hydrogens (tertiary/aromatic N) is 2. The lowest BCUT2D eigenvalue weighted by atomic mass is 9.97. The summed E-state index contributed by atoms with van der Waals surface area (Å²) < 4.78 is 5.81. The van der Waals surface area contributed by atoms with Crippen molar-refractivity contribution in [3.63, 3.8) is 0 Å². The SMILES string of the molecule is CCCCCCCCCCCCCCCCCCN(C)C(=O)N(CCCCCCCCCCCC)C1O[C@H](CO)[C@@H](O)[C@H](O)[C@H]1O. The van der Waals surface area contributed by atoms with Gasteiger partial charge in [0.15, 0.2) is 6.23 Å². The molecular formula is C38H76N2O6. The number of aliphatic hydroxyl groups is 4. The second-order valence-corrected chi connectivity index (χ2v) is 14.1. The van der Waals surface area contributed by atoms with Gasteiger partial charge in [-0.15, -0.1) is 0 Å². The number of carbonyl (C=O) groups is 1. The molecule has 1 unspecified atom stereocenters. The van der Waals surface area contributed by atoms with E-state index in [-0.39, 0.29) is 6.03 Å².